The third-order valence-electron chi connectivity index (χ3n) is 2.89. The fourth-order valence-corrected chi connectivity index (χ4v) is 7.98. The minimum absolute atomic E-state index is 0.119. The van der Waals surface area contributed by atoms with Crippen LogP contribution in [-0.2, 0) is 19.9 Å². The van der Waals surface area contributed by atoms with Crippen LogP contribution in [0.25, 0.3) is 0 Å². The highest BCUT2D eigenvalue weighted by atomic mass is 79.9. The van der Waals surface area contributed by atoms with Gasteiger partial charge in [-0.2, -0.15) is 16.1 Å². The largest absolute Gasteiger partial charge is 0.247 e. The molecule has 0 aromatic carbocycles. The number of aromatic nitrogens is 1. The lowest BCUT2D eigenvalue weighted by Crippen LogP contribution is -2.49. The molecule has 0 spiro atoms. The van der Waals surface area contributed by atoms with E-state index in [9.17, 15) is 16.8 Å². The summed E-state index contributed by atoms with van der Waals surface area (Å²) in [7, 11) is -7.57. The molecule has 0 N–H and O–H groups in total. The van der Waals surface area contributed by atoms with Crippen molar-refractivity contribution < 1.29 is 16.8 Å². The molecule has 6 nitrogen and oxygen atoms in total. The van der Waals surface area contributed by atoms with Crippen molar-refractivity contribution in [3.05, 3.63) is 21.9 Å². The topological polar surface area (TPSA) is 84.4 Å². The Morgan fingerprint density at radius 2 is 2.10 bits per heavy atom. The Morgan fingerprint density at radius 1 is 1.43 bits per heavy atom. The van der Waals surface area contributed by atoms with Gasteiger partial charge >= 0.3 is 0 Å². The minimum Gasteiger partial charge on any atom is -0.242 e. The molecule has 1 fully saturated rings. The second-order valence-corrected chi connectivity index (χ2v) is 10.9. The maximum Gasteiger partial charge on any atom is 0.247 e. The van der Waals surface area contributed by atoms with E-state index >= 15 is 0 Å². The normalized spacial score (nSPS) is 21.4. The minimum atomic E-state index is -4.03. The molecule has 1 unspecified atom stereocenters. The first kappa shape index (κ1) is 17.5. The number of sulfone groups is 1. The second kappa shape index (κ2) is 6.32. The highest BCUT2D eigenvalue weighted by Crippen LogP contribution is 2.31. The van der Waals surface area contributed by atoms with Crippen LogP contribution in [0.1, 0.15) is 0 Å². The zero-order valence-electron chi connectivity index (χ0n) is 10.9. The van der Waals surface area contributed by atoms with Crippen molar-refractivity contribution in [3.63, 3.8) is 0 Å². The maximum absolute atomic E-state index is 12.7. The summed E-state index contributed by atoms with van der Waals surface area (Å²) in [5, 5.41) is -1.26. The number of pyridine rings is 1. The van der Waals surface area contributed by atoms with E-state index in [4.69, 9.17) is 11.6 Å². The lowest BCUT2D eigenvalue weighted by atomic mass is 10.5. The van der Waals surface area contributed by atoms with E-state index in [1.165, 1.54) is 24.0 Å². The maximum atomic E-state index is 12.7. The summed E-state index contributed by atoms with van der Waals surface area (Å²) >= 11 is 10.4. The summed E-state index contributed by atoms with van der Waals surface area (Å²) in [4.78, 5) is 3.59. The molecule has 0 saturated carbocycles. The van der Waals surface area contributed by atoms with Crippen LogP contribution in [0, 0.1) is 0 Å². The number of thioether (sulfide) groups is 1. The van der Waals surface area contributed by atoms with Crippen LogP contribution >= 0.6 is 39.3 Å². The van der Waals surface area contributed by atoms with Gasteiger partial charge < -0.3 is 0 Å². The van der Waals surface area contributed by atoms with Gasteiger partial charge in [-0.05, 0) is 22.0 Å². The zero-order valence-corrected chi connectivity index (χ0v) is 15.7. The third-order valence-corrected chi connectivity index (χ3v) is 8.44. The smallest absolute Gasteiger partial charge is 0.242 e. The average Bonchev–Trinajstić information content (AvgIpc) is 2.40. The molecule has 1 saturated heterocycles. The molecule has 1 aliphatic heterocycles. The first-order valence-electron chi connectivity index (χ1n) is 5.73. The van der Waals surface area contributed by atoms with Crippen molar-refractivity contribution in [1.29, 1.82) is 0 Å². The van der Waals surface area contributed by atoms with Gasteiger partial charge in [-0.3, -0.25) is 0 Å². The van der Waals surface area contributed by atoms with Crippen LogP contribution in [0.4, 0.5) is 0 Å². The van der Waals surface area contributed by atoms with Crippen molar-refractivity contribution in [2.75, 3.05) is 24.3 Å². The zero-order chi connectivity index (χ0) is 15.8. The van der Waals surface area contributed by atoms with Crippen molar-refractivity contribution in [2.45, 2.75) is 10.3 Å². The Labute approximate surface area is 141 Å². The molecule has 21 heavy (non-hydrogen) atoms. The lowest BCUT2D eigenvalue weighted by Gasteiger charge is -2.33. The summed E-state index contributed by atoms with van der Waals surface area (Å²) < 4.78 is 50.6. The fourth-order valence-electron chi connectivity index (χ4n) is 1.89. The summed E-state index contributed by atoms with van der Waals surface area (Å²) in [5.41, 5.74) is 0. The molecule has 2 heterocycles. The fraction of sp³-hybridized carbons (Fsp3) is 0.500. The quantitative estimate of drug-likeness (QED) is 0.671. The summed E-state index contributed by atoms with van der Waals surface area (Å²) in [6, 6.07) is 1.33. The van der Waals surface area contributed by atoms with Crippen LogP contribution in [0.3, 0.4) is 0 Å². The Balaban J connectivity index is 2.53. The van der Waals surface area contributed by atoms with Gasteiger partial charge in [-0.15, -0.1) is 0 Å². The first-order valence-corrected chi connectivity index (χ1v) is 11.5. The molecule has 1 aromatic heterocycles. The van der Waals surface area contributed by atoms with E-state index in [0.717, 1.165) is 10.6 Å². The second-order valence-electron chi connectivity index (χ2n) is 4.42. The van der Waals surface area contributed by atoms with Crippen LogP contribution in [0.2, 0.25) is 5.15 Å². The summed E-state index contributed by atoms with van der Waals surface area (Å²) in [6.07, 6.45) is 2.41. The van der Waals surface area contributed by atoms with Gasteiger partial charge in [-0.25, -0.2) is 21.8 Å². The monoisotopic (exact) mass is 434 g/mol. The number of rotatable bonds is 3. The molecule has 0 aliphatic carbocycles. The van der Waals surface area contributed by atoms with Crippen LogP contribution in [-0.4, -0.2) is 55.8 Å². The average molecular weight is 436 g/mol. The van der Waals surface area contributed by atoms with Crippen LogP contribution in [0.15, 0.2) is 21.6 Å². The van der Waals surface area contributed by atoms with Crippen molar-refractivity contribution >= 4 is 59.2 Å². The van der Waals surface area contributed by atoms with Gasteiger partial charge in [-0.1, -0.05) is 11.6 Å². The number of hydrogen-bond acceptors (Lipinski definition) is 6. The van der Waals surface area contributed by atoms with E-state index < -0.39 is 25.2 Å². The standard InChI is InChI=1S/C10H12BrClN2O4S3/c1-20(15,16)9-6-19-3-2-14(9)21(17,18)8-4-7(11)5-13-10(8)12/h4-5,9H,2-3,6H2,1H3. The molecular formula is C10H12BrClN2O4S3. The van der Waals surface area contributed by atoms with Gasteiger partial charge in [0.05, 0.1) is 0 Å². The van der Waals surface area contributed by atoms with Crippen molar-refractivity contribution in [1.82, 2.24) is 9.29 Å². The number of nitrogens with zero attached hydrogens (tertiary/aromatic N) is 2. The predicted molar refractivity (Wildman–Crippen MR) is 86.8 cm³/mol. The molecule has 0 amide bonds. The SMILES string of the molecule is CS(=O)(=O)C1CSCCN1S(=O)(=O)c1cc(Br)cnc1Cl. The highest BCUT2D eigenvalue weighted by molar-refractivity contribution is 9.10. The van der Waals surface area contributed by atoms with Crippen molar-refractivity contribution in [2.24, 2.45) is 0 Å². The van der Waals surface area contributed by atoms with E-state index in [0.29, 0.717) is 10.2 Å². The van der Waals surface area contributed by atoms with Gasteiger partial charge in [0.25, 0.3) is 0 Å². The van der Waals surface area contributed by atoms with Gasteiger partial charge in [0.1, 0.15) is 15.4 Å². The number of hydrogen-bond donors (Lipinski definition) is 0. The Kier molecular flexibility index (Phi) is 5.27. The molecule has 1 aliphatic rings. The predicted octanol–water partition coefficient (Wildman–Crippen LogP) is 1.61. The van der Waals surface area contributed by atoms with E-state index in [1.54, 1.807) is 0 Å². The molecule has 0 radical (unpaired) electrons. The Bertz CT molecular complexity index is 754. The van der Waals surface area contributed by atoms with Gasteiger partial charge in [0, 0.05) is 35.0 Å². The molecule has 118 valence electrons. The molecule has 1 aromatic rings. The van der Waals surface area contributed by atoms with E-state index in [-0.39, 0.29) is 22.3 Å². The Hall–Kier alpha value is 0.130. The van der Waals surface area contributed by atoms with E-state index in [2.05, 4.69) is 20.9 Å². The Morgan fingerprint density at radius 3 is 2.71 bits per heavy atom. The number of sulfonamides is 1. The van der Waals surface area contributed by atoms with Gasteiger partial charge in [0.15, 0.2) is 9.84 Å². The summed E-state index contributed by atoms with van der Waals surface area (Å²) in [6.45, 7) is 0.119. The molecule has 11 heteroatoms. The van der Waals surface area contributed by atoms with Crippen LogP contribution < -0.4 is 0 Å². The molecule has 2 rings (SSSR count). The molecular weight excluding hydrogens is 424 g/mol. The first-order chi connectivity index (χ1) is 9.64. The van der Waals surface area contributed by atoms with Crippen LogP contribution in [0.5, 0.6) is 0 Å². The van der Waals surface area contributed by atoms with Crippen molar-refractivity contribution in [3.8, 4) is 0 Å². The third kappa shape index (κ3) is 3.73. The highest BCUT2D eigenvalue weighted by Gasteiger charge is 2.40. The molecule has 0 bridgehead atoms. The van der Waals surface area contributed by atoms with E-state index in [1.807, 2.05) is 0 Å². The number of halogens is 2. The lowest BCUT2D eigenvalue weighted by molar-refractivity contribution is 0.405. The molecule has 1 atom stereocenters. The van der Waals surface area contributed by atoms with Gasteiger partial charge in [0.2, 0.25) is 10.0 Å². The summed E-state index contributed by atoms with van der Waals surface area (Å²) in [5.74, 6) is 0.738.